The first-order chi connectivity index (χ1) is 25.2. The lowest BCUT2D eigenvalue weighted by Gasteiger charge is -2.28. The third-order valence-corrected chi connectivity index (χ3v) is 8.53. The zero-order valence-corrected chi connectivity index (χ0v) is 30.1. The number of carbonyl (C=O) groups is 7. The molecule has 10 N–H and O–H groups in total. The maximum atomic E-state index is 14.0. The van der Waals surface area contributed by atoms with Crippen LogP contribution in [0, 0.1) is 11.7 Å². The molecule has 0 aromatic heterocycles. The minimum atomic E-state index is -1.36. The van der Waals surface area contributed by atoms with Crippen LogP contribution in [0.15, 0.2) is 54.6 Å². The lowest BCUT2D eigenvalue weighted by Crippen LogP contribution is -2.59. The maximum absolute atomic E-state index is 14.0. The molecule has 1 aliphatic rings. The highest BCUT2D eigenvalue weighted by Gasteiger charge is 2.33. The van der Waals surface area contributed by atoms with Crippen LogP contribution in [-0.4, -0.2) is 84.6 Å². The molecule has 3 rings (SSSR count). The van der Waals surface area contributed by atoms with Crippen molar-refractivity contribution in [1.29, 1.82) is 0 Å². The number of nitrogens with one attached hydrogen (secondary N) is 6. The Hall–Kier alpha value is -5.38. The summed E-state index contributed by atoms with van der Waals surface area (Å²) in [5.41, 5.74) is 12.2. The minimum Gasteiger partial charge on any atom is -0.368 e. The third-order valence-electron chi connectivity index (χ3n) is 8.53. The van der Waals surface area contributed by atoms with Crippen molar-refractivity contribution in [3.05, 3.63) is 71.5 Å². The van der Waals surface area contributed by atoms with E-state index in [1.165, 1.54) is 18.2 Å². The molecule has 7 amide bonds. The van der Waals surface area contributed by atoms with E-state index in [1.54, 1.807) is 36.4 Å². The first-order valence-electron chi connectivity index (χ1n) is 17.8. The number of amides is 7. The normalized spacial score (nSPS) is 21.2. The Morgan fingerprint density at radius 1 is 0.887 bits per heavy atom. The van der Waals surface area contributed by atoms with Gasteiger partial charge in [-0.25, -0.2) is 4.39 Å². The topological polar surface area (TPSA) is 244 Å². The average molecular weight is 739 g/mol. The van der Waals surface area contributed by atoms with Gasteiger partial charge in [0.25, 0.3) is 0 Å². The largest absolute Gasteiger partial charge is 0.368 e. The number of hydrogen-bond donors (Lipinski definition) is 8. The second kappa shape index (κ2) is 21.2. The number of primary amides is 1. The van der Waals surface area contributed by atoms with Gasteiger partial charge in [-0.2, -0.15) is 0 Å². The van der Waals surface area contributed by atoms with Gasteiger partial charge in [0.05, 0.1) is 6.42 Å². The van der Waals surface area contributed by atoms with Crippen molar-refractivity contribution in [1.82, 2.24) is 31.9 Å². The van der Waals surface area contributed by atoms with Crippen LogP contribution in [0.2, 0.25) is 0 Å². The van der Waals surface area contributed by atoms with Crippen LogP contribution in [0.5, 0.6) is 0 Å². The summed E-state index contributed by atoms with van der Waals surface area (Å²) < 4.78 is 14.0. The molecule has 5 atom stereocenters. The maximum Gasteiger partial charge on any atom is 0.243 e. The summed E-state index contributed by atoms with van der Waals surface area (Å²) in [4.78, 5) is 92.7. The van der Waals surface area contributed by atoms with Gasteiger partial charge in [-0.15, -0.1) is 0 Å². The standard InChI is InChI=1S/C37H51FN8O7/c1-22(2)17-28-35(51)46-30(19-23-9-4-3-5-10-23)37(53)44-27(33(40)49)21-32(48)41-16-7-6-13-26(34(50)45-28)43-36(52)29(42-31(47)14-15-39)20-24-11-8-12-25(38)18-24/h3-5,8-12,18,22,26-30H,6-7,13-17,19-21,39H2,1-2H3,(H2,40,49)(H,41,48)(H,42,47)(H,43,52)(H,44,53)(H,45,50)(H,46,51)/t26-,27-,28-,29-,30-/m0/s1. The van der Waals surface area contributed by atoms with Crippen molar-refractivity contribution >= 4 is 41.4 Å². The summed E-state index contributed by atoms with van der Waals surface area (Å²) in [5, 5.41) is 15.9. The number of rotatable bonds is 12. The van der Waals surface area contributed by atoms with Gasteiger partial charge in [-0.3, -0.25) is 33.6 Å². The minimum absolute atomic E-state index is 0.0136. The predicted octanol–water partition coefficient (Wildman–Crippen LogP) is -0.395. The summed E-state index contributed by atoms with van der Waals surface area (Å²) in [5.74, 6) is -5.50. The molecule has 288 valence electrons. The number of nitrogens with two attached hydrogens (primary N) is 2. The highest BCUT2D eigenvalue weighted by molar-refractivity contribution is 5.97. The molecule has 53 heavy (non-hydrogen) atoms. The Morgan fingerprint density at radius 2 is 1.57 bits per heavy atom. The fourth-order valence-electron chi connectivity index (χ4n) is 5.81. The van der Waals surface area contributed by atoms with E-state index in [9.17, 15) is 38.0 Å². The SMILES string of the molecule is CC(C)C[C@@H]1NC(=O)[C@@H](NC(=O)[C@H](Cc2cccc(F)c2)NC(=O)CCN)CCCCNC(=O)C[C@@H](C(N)=O)NC(=O)[C@H](Cc2ccccc2)NC1=O. The Balaban J connectivity index is 1.94. The van der Waals surface area contributed by atoms with Gasteiger partial charge in [-0.1, -0.05) is 56.3 Å². The van der Waals surface area contributed by atoms with Gasteiger partial charge in [0.2, 0.25) is 41.4 Å². The number of benzene rings is 2. The Kier molecular flexibility index (Phi) is 16.8. The van der Waals surface area contributed by atoms with Crippen LogP contribution in [0.3, 0.4) is 0 Å². The van der Waals surface area contributed by atoms with Crippen molar-refractivity contribution in [3.8, 4) is 0 Å². The molecule has 1 fully saturated rings. The molecule has 2 aromatic carbocycles. The smallest absolute Gasteiger partial charge is 0.243 e. The Labute approximate surface area is 308 Å². The summed E-state index contributed by atoms with van der Waals surface area (Å²) in [7, 11) is 0. The van der Waals surface area contributed by atoms with Crippen molar-refractivity contribution in [2.24, 2.45) is 17.4 Å². The van der Waals surface area contributed by atoms with Crippen LogP contribution in [0.4, 0.5) is 4.39 Å². The van der Waals surface area contributed by atoms with E-state index in [0.717, 1.165) is 0 Å². The van der Waals surface area contributed by atoms with Crippen molar-refractivity contribution in [3.63, 3.8) is 0 Å². The van der Waals surface area contributed by atoms with Gasteiger partial charge in [-0.05, 0) is 54.9 Å². The summed E-state index contributed by atoms with van der Waals surface area (Å²) in [6, 6.07) is 8.22. The van der Waals surface area contributed by atoms with Crippen molar-refractivity contribution in [2.45, 2.75) is 95.4 Å². The lowest BCUT2D eigenvalue weighted by atomic mass is 9.99. The monoisotopic (exact) mass is 738 g/mol. The number of hydrogen-bond acceptors (Lipinski definition) is 8. The predicted molar refractivity (Wildman–Crippen MR) is 194 cm³/mol. The van der Waals surface area contributed by atoms with Gasteiger partial charge in [0.1, 0.15) is 36.0 Å². The molecule has 0 saturated carbocycles. The molecule has 0 bridgehead atoms. The second-order valence-corrected chi connectivity index (χ2v) is 13.5. The molecule has 16 heteroatoms. The Bertz CT molecular complexity index is 1590. The molecule has 1 saturated heterocycles. The summed E-state index contributed by atoms with van der Waals surface area (Å²) in [6.07, 6.45) is 0.333. The van der Waals surface area contributed by atoms with Gasteiger partial charge in [0, 0.05) is 32.4 Å². The molecule has 1 aliphatic heterocycles. The molecular weight excluding hydrogens is 687 g/mol. The molecule has 15 nitrogen and oxygen atoms in total. The zero-order chi connectivity index (χ0) is 38.9. The van der Waals surface area contributed by atoms with Crippen LogP contribution >= 0.6 is 0 Å². The summed E-state index contributed by atoms with van der Waals surface area (Å²) >= 11 is 0. The highest BCUT2D eigenvalue weighted by Crippen LogP contribution is 2.12. The quantitative estimate of drug-likeness (QED) is 0.142. The van der Waals surface area contributed by atoms with Crippen LogP contribution in [0.25, 0.3) is 0 Å². The zero-order valence-electron chi connectivity index (χ0n) is 30.1. The van der Waals surface area contributed by atoms with Crippen LogP contribution in [0.1, 0.15) is 63.5 Å². The van der Waals surface area contributed by atoms with Gasteiger partial charge < -0.3 is 43.4 Å². The Morgan fingerprint density at radius 3 is 2.23 bits per heavy atom. The number of carbonyl (C=O) groups excluding carboxylic acids is 7. The summed E-state index contributed by atoms with van der Waals surface area (Å²) in [6.45, 7) is 3.86. The van der Waals surface area contributed by atoms with E-state index in [1.807, 2.05) is 13.8 Å². The van der Waals surface area contributed by atoms with E-state index in [0.29, 0.717) is 24.0 Å². The fourth-order valence-corrected chi connectivity index (χ4v) is 5.81. The van der Waals surface area contributed by atoms with Gasteiger partial charge >= 0.3 is 0 Å². The van der Waals surface area contributed by atoms with E-state index < -0.39 is 83.8 Å². The molecule has 2 aromatic rings. The van der Waals surface area contributed by atoms with Crippen molar-refractivity contribution < 1.29 is 38.0 Å². The molecule has 0 aliphatic carbocycles. The second-order valence-electron chi connectivity index (χ2n) is 13.5. The highest BCUT2D eigenvalue weighted by atomic mass is 19.1. The van der Waals surface area contributed by atoms with Crippen LogP contribution < -0.4 is 43.4 Å². The lowest BCUT2D eigenvalue weighted by molar-refractivity contribution is -0.135. The molecule has 0 unspecified atom stereocenters. The molecule has 1 heterocycles. The van der Waals surface area contributed by atoms with E-state index in [2.05, 4.69) is 31.9 Å². The van der Waals surface area contributed by atoms with E-state index >= 15 is 0 Å². The molecular formula is C37H51FN8O7. The third kappa shape index (κ3) is 14.6. The van der Waals surface area contributed by atoms with E-state index in [-0.39, 0.29) is 51.1 Å². The van der Waals surface area contributed by atoms with Crippen molar-refractivity contribution in [2.75, 3.05) is 13.1 Å². The van der Waals surface area contributed by atoms with Crippen LogP contribution in [-0.2, 0) is 46.4 Å². The van der Waals surface area contributed by atoms with Gasteiger partial charge in [0.15, 0.2) is 0 Å². The van der Waals surface area contributed by atoms with E-state index in [4.69, 9.17) is 11.5 Å². The molecule has 0 spiro atoms. The fraction of sp³-hybridized carbons (Fsp3) is 0.486. The number of halogens is 1. The first-order valence-corrected chi connectivity index (χ1v) is 17.8. The molecule has 0 radical (unpaired) electrons. The first kappa shape index (κ1) is 42.0. The average Bonchev–Trinajstić information content (AvgIpc) is 3.09.